The largest absolute Gasteiger partial charge is 0.478 e. The molecule has 66 valence electrons. The molecule has 0 spiro atoms. The maximum absolute atomic E-state index is 10.7. The number of carboxylic acid groups (broad SMARTS) is 1. The Bertz CT molecular complexity index is 480. The highest BCUT2D eigenvalue weighted by Crippen LogP contribution is 2.14. The molecule has 0 unspecified atom stereocenters. The van der Waals surface area contributed by atoms with E-state index in [1.807, 2.05) is 0 Å². The zero-order valence-corrected chi connectivity index (χ0v) is 7.06. The van der Waals surface area contributed by atoms with Gasteiger partial charge in [-0.15, -0.1) is 0 Å². The van der Waals surface area contributed by atoms with Gasteiger partial charge in [-0.25, -0.2) is 14.3 Å². The molecule has 0 aliphatic rings. The van der Waals surface area contributed by atoms with Crippen LogP contribution in [0.2, 0.25) is 5.02 Å². The number of aromatic nitrogens is 3. The molecule has 0 aliphatic heterocycles. The minimum absolute atomic E-state index is 0.0463. The van der Waals surface area contributed by atoms with Crippen LogP contribution in [0.4, 0.5) is 0 Å². The van der Waals surface area contributed by atoms with E-state index < -0.39 is 5.97 Å². The highest BCUT2D eigenvalue weighted by atomic mass is 35.5. The zero-order valence-electron chi connectivity index (χ0n) is 6.31. The van der Waals surface area contributed by atoms with Crippen molar-refractivity contribution in [2.24, 2.45) is 0 Å². The van der Waals surface area contributed by atoms with Gasteiger partial charge in [0.25, 0.3) is 0 Å². The number of rotatable bonds is 1. The number of carboxylic acids is 1. The lowest BCUT2D eigenvalue weighted by Crippen LogP contribution is -2.01. The summed E-state index contributed by atoms with van der Waals surface area (Å²) in [6, 6.07) is 1.34. The molecule has 2 aromatic heterocycles. The lowest BCUT2D eigenvalue weighted by Gasteiger charge is -1.97. The molecule has 0 saturated carbocycles. The summed E-state index contributed by atoms with van der Waals surface area (Å²) < 4.78 is 1.33. The second-order valence-electron chi connectivity index (χ2n) is 2.41. The van der Waals surface area contributed by atoms with E-state index in [0.717, 1.165) is 0 Å². The molecule has 0 aromatic carbocycles. The van der Waals surface area contributed by atoms with Gasteiger partial charge in [0.05, 0.1) is 5.02 Å². The van der Waals surface area contributed by atoms with Crippen molar-refractivity contribution < 1.29 is 9.90 Å². The Labute approximate surface area is 77.6 Å². The Morgan fingerprint density at radius 2 is 2.38 bits per heavy atom. The topological polar surface area (TPSA) is 67.5 Å². The van der Waals surface area contributed by atoms with E-state index in [2.05, 4.69) is 10.1 Å². The average molecular weight is 198 g/mol. The van der Waals surface area contributed by atoms with Crippen LogP contribution in [0.1, 0.15) is 10.4 Å². The first-order valence-electron chi connectivity index (χ1n) is 3.40. The number of pyridine rings is 1. The van der Waals surface area contributed by atoms with Gasteiger partial charge in [-0.1, -0.05) is 11.6 Å². The molecule has 2 rings (SSSR count). The van der Waals surface area contributed by atoms with Crippen molar-refractivity contribution in [1.29, 1.82) is 0 Å². The summed E-state index contributed by atoms with van der Waals surface area (Å²) in [5.41, 5.74) is 0.335. The van der Waals surface area contributed by atoms with Crippen molar-refractivity contribution in [3.63, 3.8) is 0 Å². The molecule has 0 fully saturated rings. The second kappa shape index (κ2) is 2.70. The number of halogens is 1. The second-order valence-corrected chi connectivity index (χ2v) is 2.84. The van der Waals surface area contributed by atoms with Crippen molar-refractivity contribution in [2.45, 2.75) is 0 Å². The number of nitrogens with zero attached hydrogens (tertiary/aromatic N) is 3. The maximum Gasteiger partial charge on any atom is 0.339 e. The molecule has 2 aromatic rings. The van der Waals surface area contributed by atoms with Crippen molar-refractivity contribution in [3.05, 3.63) is 29.2 Å². The Morgan fingerprint density at radius 3 is 3.08 bits per heavy atom. The van der Waals surface area contributed by atoms with E-state index in [-0.39, 0.29) is 11.2 Å². The maximum atomic E-state index is 10.7. The van der Waals surface area contributed by atoms with Crippen LogP contribution in [0.25, 0.3) is 5.65 Å². The minimum Gasteiger partial charge on any atom is -0.478 e. The normalized spacial score (nSPS) is 10.5. The van der Waals surface area contributed by atoms with Crippen LogP contribution in [0.5, 0.6) is 0 Å². The van der Waals surface area contributed by atoms with Crippen molar-refractivity contribution >= 4 is 23.2 Å². The third-order valence-electron chi connectivity index (χ3n) is 1.57. The van der Waals surface area contributed by atoms with Crippen LogP contribution < -0.4 is 0 Å². The van der Waals surface area contributed by atoms with Crippen LogP contribution in [0.15, 0.2) is 18.6 Å². The molecule has 1 N–H and O–H groups in total. The lowest BCUT2D eigenvalue weighted by atomic mass is 10.3. The molecule has 6 heteroatoms. The van der Waals surface area contributed by atoms with Gasteiger partial charge in [-0.3, -0.25) is 0 Å². The number of hydrogen-bond acceptors (Lipinski definition) is 3. The number of hydrogen-bond donors (Lipinski definition) is 1. The van der Waals surface area contributed by atoms with Gasteiger partial charge in [-0.2, -0.15) is 5.10 Å². The molecule has 13 heavy (non-hydrogen) atoms. The molecular weight excluding hydrogens is 194 g/mol. The number of fused-ring (bicyclic) bond motifs is 1. The molecule has 0 amide bonds. The first-order chi connectivity index (χ1) is 6.18. The lowest BCUT2D eigenvalue weighted by molar-refractivity contribution is 0.0698. The van der Waals surface area contributed by atoms with Gasteiger partial charge >= 0.3 is 5.97 Å². The summed E-state index contributed by atoms with van der Waals surface area (Å²) in [5.74, 6) is -1.07. The van der Waals surface area contributed by atoms with E-state index in [9.17, 15) is 4.79 Å². The van der Waals surface area contributed by atoms with Gasteiger partial charge in [0.15, 0.2) is 5.65 Å². The molecule has 0 radical (unpaired) electrons. The van der Waals surface area contributed by atoms with Gasteiger partial charge < -0.3 is 5.11 Å². The quantitative estimate of drug-likeness (QED) is 0.743. The summed E-state index contributed by atoms with van der Waals surface area (Å²) in [5, 5.41) is 12.9. The zero-order chi connectivity index (χ0) is 9.42. The van der Waals surface area contributed by atoms with Crippen molar-refractivity contribution in [2.75, 3.05) is 0 Å². The Balaban J connectivity index is 2.84. The monoisotopic (exact) mass is 197 g/mol. The fourth-order valence-corrected chi connectivity index (χ4v) is 1.25. The highest BCUT2D eigenvalue weighted by Gasteiger charge is 2.11. The Morgan fingerprint density at radius 1 is 1.62 bits per heavy atom. The van der Waals surface area contributed by atoms with Gasteiger partial charge in [-0.05, 0) is 6.07 Å². The van der Waals surface area contributed by atoms with Crippen molar-refractivity contribution in [1.82, 2.24) is 14.6 Å². The summed E-state index contributed by atoms with van der Waals surface area (Å²) in [6.07, 6.45) is 2.77. The third-order valence-corrected chi connectivity index (χ3v) is 1.78. The fraction of sp³-hybridized carbons (Fsp3) is 0. The summed E-state index contributed by atoms with van der Waals surface area (Å²) in [6.45, 7) is 0. The predicted octanol–water partition coefficient (Wildman–Crippen LogP) is 1.08. The predicted molar refractivity (Wildman–Crippen MR) is 45.0 cm³/mol. The molecule has 0 saturated heterocycles. The standard InChI is InChI=1S/C7H4ClN3O2/c8-4-1-5(7(12)13)6-9-3-10-11(6)2-4/h1-3H,(H,12,13). The molecule has 0 atom stereocenters. The van der Waals surface area contributed by atoms with E-state index in [1.165, 1.54) is 23.1 Å². The van der Waals surface area contributed by atoms with E-state index >= 15 is 0 Å². The molecule has 2 heterocycles. The summed E-state index contributed by atoms with van der Waals surface area (Å²) in [4.78, 5) is 14.5. The molecule has 0 bridgehead atoms. The molecule has 0 aliphatic carbocycles. The van der Waals surface area contributed by atoms with Crippen molar-refractivity contribution in [3.8, 4) is 0 Å². The van der Waals surface area contributed by atoms with Crippen LogP contribution >= 0.6 is 11.6 Å². The Hall–Kier alpha value is -1.62. The fourth-order valence-electron chi connectivity index (χ4n) is 1.05. The van der Waals surface area contributed by atoms with E-state index in [1.54, 1.807) is 0 Å². The van der Waals surface area contributed by atoms with Gasteiger partial charge in [0, 0.05) is 6.20 Å². The first-order valence-corrected chi connectivity index (χ1v) is 3.78. The van der Waals surface area contributed by atoms with Gasteiger partial charge in [0.1, 0.15) is 11.9 Å². The van der Waals surface area contributed by atoms with Crippen LogP contribution in [0, 0.1) is 0 Å². The number of carbonyl (C=O) groups is 1. The molecule has 5 nitrogen and oxygen atoms in total. The van der Waals surface area contributed by atoms with Crippen LogP contribution in [-0.2, 0) is 0 Å². The van der Waals surface area contributed by atoms with E-state index in [4.69, 9.17) is 16.7 Å². The van der Waals surface area contributed by atoms with Crippen LogP contribution in [-0.4, -0.2) is 25.7 Å². The first kappa shape index (κ1) is 8.00. The third kappa shape index (κ3) is 1.23. The average Bonchev–Trinajstić information content (AvgIpc) is 2.49. The summed E-state index contributed by atoms with van der Waals surface area (Å²) in [7, 11) is 0. The SMILES string of the molecule is O=C(O)c1cc(Cl)cn2ncnc12. The Kier molecular flexibility index (Phi) is 1.66. The smallest absolute Gasteiger partial charge is 0.339 e. The van der Waals surface area contributed by atoms with Gasteiger partial charge in [0.2, 0.25) is 0 Å². The molecular formula is C7H4ClN3O2. The summed E-state index contributed by atoms with van der Waals surface area (Å²) >= 11 is 5.67. The van der Waals surface area contributed by atoms with E-state index in [0.29, 0.717) is 5.02 Å². The van der Waals surface area contributed by atoms with Crippen LogP contribution in [0.3, 0.4) is 0 Å². The highest BCUT2D eigenvalue weighted by molar-refractivity contribution is 6.31. The minimum atomic E-state index is -1.07. The number of aromatic carboxylic acids is 1.